The van der Waals surface area contributed by atoms with Crippen LogP contribution in [0.3, 0.4) is 0 Å². The van der Waals surface area contributed by atoms with Crippen LogP contribution in [0, 0.1) is 5.92 Å². The van der Waals surface area contributed by atoms with Crippen molar-refractivity contribution in [1.29, 1.82) is 0 Å². The van der Waals surface area contributed by atoms with Gasteiger partial charge in [0.15, 0.2) is 0 Å². The number of hydrogen-bond acceptors (Lipinski definition) is 5. The summed E-state index contributed by atoms with van der Waals surface area (Å²) in [5.74, 6) is 6.41. The van der Waals surface area contributed by atoms with Crippen LogP contribution in [0.15, 0.2) is 0 Å². The molecule has 1 spiro atoms. The molecule has 0 aliphatic carbocycles. The van der Waals surface area contributed by atoms with Gasteiger partial charge in [0.1, 0.15) is 0 Å². The van der Waals surface area contributed by atoms with Crippen molar-refractivity contribution in [2.45, 2.75) is 70.1 Å². The SMILES string of the molecule is CCCC(OCC)C(NN)C1CCOC2(CCOCC2)C1. The zero-order valence-corrected chi connectivity index (χ0v) is 13.6. The van der Waals surface area contributed by atoms with Crippen LogP contribution >= 0.6 is 0 Å². The predicted octanol–water partition coefficient (Wildman–Crippen LogP) is 2.00. The Hall–Kier alpha value is -0.200. The van der Waals surface area contributed by atoms with Gasteiger partial charge in [-0.2, -0.15) is 0 Å². The minimum Gasteiger partial charge on any atom is -0.381 e. The molecule has 3 N–H and O–H groups in total. The maximum atomic E-state index is 6.14. The average molecular weight is 300 g/mol. The highest BCUT2D eigenvalue weighted by Gasteiger charge is 2.42. The average Bonchev–Trinajstić information content (AvgIpc) is 2.49. The van der Waals surface area contributed by atoms with Gasteiger partial charge in [0.25, 0.3) is 0 Å². The van der Waals surface area contributed by atoms with Crippen molar-refractivity contribution in [3.05, 3.63) is 0 Å². The van der Waals surface area contributed by atoms with E-state index in [4.69, 9.17) is 20.1 Å². The summed E-state index contributed by atoms with van der Waals surface area (Å²) < 4.78 is 17.6. The quantitative estimate of drug-likeness (QED) is 0.556. The molecule has 0 aromatic rings. The van der Waals surface area contributed by atoms with Crippen molar-refractivity contribution in [2.24, 2.45) is 11.8 Å². The van der Waals surface area contributed by atoms with E-state index in [1.165, 1.54) is 0 Å². The summed E-state index contributed by atoms with van der Waals surface area (Å²) >= 11 is 0. The molecule has 0 aromatic carbocycles. The molecule has 0 bridgehead atoms. The van der Waals surface area contributed by atoms with E-state index in [0.717, 1.165) is 65.0 Å². The van der Waals surface area contributed by atoms with Gasteiger partial charge in [-0.1, -0.05) is 13.3 Å². The van der Waals surface area contributed by atoms with Crippen molar-refractivity contribution >= 4 is 0 Å². The molecule has 124 valence electrons. The Morgan fingerprint density at radius 2 is 2.05 bits per heavy atom. The van der Waals surface area contributed by atoms with Crippen LogP contribution in [0.4, 0.5) is 0 Å². The molecule has 5 nitrogen and oxygen atoms in total. The summed E-state index contributed by atoms with van der Waals surface area (Å²) in [5, 5.41) is 0. The van der Waals surface area contributed by atoms with Gasteiger partial charge in [0.2, 0.25) is 0 Å². The molecular weight excluding hydrogens is 268 g/mol. The normalized spacial score (nSPS) is 28.4. The fourth-order valence-electron chi connectivity index (χ4n) is 3.88. The van der Waals surface area contributed by atoms with Crippen molar-refractivity contribution in [3.8, 4) is 0 Å². The number of hydrogen-bond donors (Lipinski definition) is 2. The van der Waals surface area contributed by atoms with Gasteiger partial charge in [0.05, 0.1) is 17.7 Å². The maximum absolute atomic E-state index is 6.14. The van der Waals surface area contributed by atoms with Crippen LogP contribution in [0.25, 0.3) is 0 Å². The number of nitrogens with two attached hydrogens (primary N) is 1. The Bertz CT molecular complexity index is 284. The van der Waals surface area contributed by atoms with Crippen LogP contribution in [-0.2, 0) is 14.2 Å². The van der Waals surface area contributed by atoms with Crippen LogP contribution in [-0.4, -0.2) is 44.2 Å². The van der Waals surface area contributed by atoms with Gasteiger partial charge >= 0.3 is 0 Å². The zero-order valence-electron chi connectivity index (χ0n) is 13.6. The summed E-state index contributed by atoms with van der Waals surface area (Å²) in [7, 11) is 0. The van der Waals surface area contributed by atoms with Gasteiger partial charge < -0.3 is 14.2 Å². The third-order valence-corrected chi connectivity index (χ3v) is 4.99. The van der Waals surface area contributed by atoms with Crippen LogP contribution < -0.4 is 11.3 Å². The van der Waals surface area contributed by atoms with E-state index in [-0.39, 0.29) is 17.7 Å². The van der Waals surface area contributed by atoms with Crippen molar-refractivity contribution < 1.29 is 14.2 Å². The van der Waals surface area contributed by atoms with Crippen LogP contribution in [0.1, 0.15) is 52.4 Å². The molecule has 2 fully saturated rings. The summed E-state index contributed by atoms with van der Waals surface area (Å²) in [6.07, 6.45) is 6.51. The van der Waals surface area contributed by atoms with E-state index in [0.29, 0.717) is 5.92 Å². The predicted molar refractivity (Wildman–Crippen MR) is 82.9 cm³/mol. The van der Waals surface area contributed by atoms with E-state index in [2.05, 4.69) is 19.3 Å². The fourth-order valence-corrected chi connectivity index (χ4v) is 3.88. The van der Waals surface area contributed by atoms with Crippen molar-refractivity contribution in [3.63, 3.8) is 0 Å². The minimum absolute atomic E-state index is 0.0131. The number of hydrazine groups is 1. The molecule has 0 amide bonds. The topological polar surface area (TPSA) is 65.7 Å². The van der Waals surface area contributed by atoms with Gasteiger partial charge in [-0.15, -0.1) is 0 Å². The number of ether oxygens (including phenoxy) is 3. The molecule has 0 saturated carbocycles. The van der Waals surface area contributed by atoms with Gasteiger partial charge in [-0.05, 0) is 44.9 Å². The van der Waals surface area contributed by atoms with E-state index in [1.807, 2.05) is 0 Å². The van der Waals surface area contributed by atoms with Crippen molar-refractivity contribution in [2.75, 3.05) is 26.4 Å². The second kappa shape index (κ2) is 8.44. The van der Waals surface area contributed by atoms with Crippen LogP contribution in [0.5, 0.6) is 0 Å². The lowest BCUT2D eigenvalue weighted by atomic mass is 9.76. The molecule has 0 radical (unpaired) electrons. The van der Waals surface area contributed by atoms with E-state index in [9.17, 15) is 0 Å². The highest BCUT2D eigenvalue weighted by atomic mass is 16.5. The molecule has 3 atom stereocenters. The molecule has 2 heterocycles. The first kappa shape index (κ1) is 17.2. The third kappa shape index (κ3) is 4.39. The lowest BCUT2D eigenvalue weighted by Gasteiger charge is -2.46. The Morgan fingerprint density at radius 3 is 2.67 bits per heavy atom. The Labute approximate surface area is 128 Å². The molecule has 0 aromatic heterocycles. The minimum atomic E-state index is 0.0131. The highest BCUT2D eigenvalue weighted by molar-refractivity contribution is 4.94. The molecule has 2 saturated heterocycles. The first-order chi connectivity index (χ1) is 10.2. The zero-order chi connectivity index (χ0) is 15.1. The second-order valence-electron chi connectivity index (χ2n) is 6.37. The van der Waals surface area contributed by atoms with Crippen LogP contribution in [0.2, 0.25) is 0 Å². The lowest BCUT2D eigenvalue weighted by Crippen LogP contribution is -2.55. The summed E-state index contributed by atoms with van der Waals surface area (Å²) in [5.41, 5.74) is 3.06. The molecule has 5 heteroatoms. The summed E-state index contributed by atoms with van der Waals surface area (Å²) in [4.78, 5) is 0. The molecular formula is C16H32N2O3. The third-order valence-electron chi connectivity index (χ3n) is 4.99. The number of rotatable bonds is 7. The Morgan fingerprint density at radius 1 is 1.29 bits per heavy atom. The van der Waals surface area contributed by atoms with Gasteiger partial charge in [-0.25, -0.2) is 0 Å². The number of nitrogens with one attached hydrogen (secondary N) is 1. The fraction of sp³-hybridized carbons (Fsp3) is 1.00. The summed E-state index contributed by atoms with van der Waals surface area (Å²) in [6, 6.07) is 0.216. The molecule has 2 aliphatic heterocycles. The maximum Gasteiger partial charge on any atom is 0.0743 e. The monoisotopic (exact) mass is 300 g/mol. The smallest absolute Gasteiger partial charge is 0.0743 e. The van der Waals surface area contributed by atoms with Gasteiger partial charge in [0, 0.05) is 26.4 Å². The molecule has 21 heavy (non-hydrogen) atoms. The second-order valence-corrected chi connectivity index (χ2v) is 6.37. The van der Waals surface area contributed by atoms with E-state index in [1.54, 1.807) is 0 Å². The molecule has 2 rings (SSSR count). The standard InChI is InChI=1S/C16H32N2O3/c1-3-5-14(20-4-2)15(18-17)13-6-9-21-16(12-13)7-10-19-11-8-16/h13-15,18H,3-12,17H2,1-2H3. The Kier molecular flexibility index (Phi) is 6.89. The lowest BCUT2D eigenvalue weighted by molar-refractivity contribution is -0.155. The first-order valence-corrected chi connectivity index (χ1v) is 8.54. The largest absolute Gasteiger partial charge is 0.381 e. The van der Waals surface area contributed by atoms with Crippen molar-refractivity contribution in [1.82, 2.24) is 5.43 Å². The highest BCUT2D eigenvalue weighted by Crippen LogP contribution is 2.39. The molecule has 3 unspecified atom stereocenters. The van der Waals surface area contributed by atoms with E-state index >= 15 is 0 Å². The molecule has 2 aliphatic rings. The van der Waals surface area contributed by atoms with Gasteiger partial charge in [-0.3, -0.25) is 11.3 Å². The first-order valence-electron chi connectivity index (χ1n) is 8.54. The Balaban J connectivity index is 2.02. The summed E-state index contributed by atoms with van der Waals surface area (Å²) in [6.45, 7) is 7.46. The van der Waals surface area contributed by atoms with E-state index < -0.39 is 0 Å².